The van der Waals surface area contributed by atoms with Crippen molar-refractivity contribution in [2.75, 3.05) is 19.5 Å². The second-order valence-electron chi connectivity index (χ2n) is 7.56. The first-order valence-corrected chi connectivity index (χ1v) is 10.1. The van der Waals surface area contributed by atoms with E-state index in [1.807, 2.05) is 42.5 Å². The van der Waals surface area contributed by atoms with Crippen molar-refractivity contribution in [1.29, 1.82) is 0 Å². The number of anilines is 2. The fourth-order valence-electron chi connectivity index (χ4n) is 3.71. The lowest BCUT2D eigenvalue weighted by Gasteiger charge is -2.11. The lowest BCUT2D eigenvalue weighted by atomic mass is 10.1. The maximum absolute atomic E-state index is 5.39. The van der Waals surface area contributed by atoms with Crippen molar-refractivity contribution in [3.05, 3.63) is 42.5 Å². The smallest absolute Gasteiger partial charge is 0.229 e. The largest absolute Gasteiger partial charge is 0.493 e. The summed E-state index contributed by atoms with van der Waals surface area (Å²) < 4.78 is 10.7. The molecule has 0 spiro atoms. The molecule has 1 unspecified atom stereocenters. The molecule has 5 rings (SSSR count). The molecule has 8 heteroatoms. The number of methoxy groups -OCH3 is 2. The molecular weight excluding hydrogens is 380 g/mol. The van der Waals surface area contributed by atoms with E-state index >= 15 is 0 Å². The highest BCUT2D eigenvalue weighted by Gasteiger charge is 2.35. The average Bonchev–Trinajstić information content (AvgIpc) is 3.52. The zero-order valence-corrected chi connectivity index (χ0v) is 17.0. The van der Waals surface area contributed by atoms with Gasteiger partial charge in [0, 0.05) is 29.6 Å². The molecule has 2 aromatic carbocycles. The topological polar surface area (TPSA) is 92.7 Å². The van der Waals surface area contributed by atoms with Crippen LogP contribution in [0, 0.1) is 5.92 Å². The Morgan fingerprint density at radius 3 is 2.67 bits per heavy atom. The Morgan fingerprint density at radius 2 is 1.87 bits per heavy atom. The number of hydrogen-bond acceptors (Lipinski definition) is 7. The number of rotatable bonds is 6. The summed E-state index contributed by atoms with van der Waals surface area (Å²) in [5.74, 6) is 4.09. The molecule has 154 valence electrons. The molecule has 1 saturated heterocycles. The summed E-state index contributed by atoms with van der Waals surface area (Å²) in [4.78, 5) is 14.2. The number of fused-ring (bicyclic) bond motifs is 1. The zero-order valence-electron chi connectivity index (χ0n) is 17.0. The third-order valence-corrected chi connectivity index (χ3v) is 5.47. The summed E-state index contributed by atoms with van der Waals surface area (Å²) in [6.07, 6.45) is 3.48. The second kappa shape index (κ2) is 7.79. The molecule has 0 bridgehead atoms. The first-order chi connectivity index (χ1) is 14.7. The summed E-state index contributed by atoms with van der Waals surface area (Å²) in [7, 11) is 3.22. The minimum absolute atomic E-state index is 0.459. The first-order valence-electron chi connectivity index (χ1n) is 10.1. The molecular formula is C22H24N6O2. The number of amidine groups is 1. The number of nitrogens with zero attached hydrogens (tertiary/aromatic N) is 3. The summed E-state index contributed by atoms with van der Waals surface area (Å²) in [6.45, 7) is 0. The van der Waals surface area contributed by atoms with Gasteiger partial charge in [0.25, 0.3) is 0 Å². The first kappa shape index (κ1) is 18.6. The second-order valence-corrected chi connectivity index (χ2v) is 7.56. The molecule has 2 fully saturated rings. The normalized spacial score (nSPS) is 19.7. The molecule has 1 saturated carbocycles. The van der Waals surface area contributed by atoms with Crippen LogP contribution in [-0.4, -0.2) is 36.1 Å². The molecule has 3 aromatic rings. The van der Waals surface area contributed by atoms with Crippen LogP contribution < -0.4 is 25.6 Å². The molecule has 3 N–H and O–H groups in total. The molecule has 1 aliphatic heterocycles. The van der Waals surface area contributed by atoms with E-state index < -0.39 is 0 Å². The predicted octanol–water partition coefficient (Wildman–Crippen LogP) is 3.70. The van der Waals surface area contributed by atoms with Crippen molar-refractivity contribution in [3.63, 3.8) is 0 Å². The van der Waals surface area contributed by atoms with E-state index in [-0.39, 0.29) is 0 Å². The molecule has 0 amide bonds. The Bertz CT molecular complexity index is 1110. The van der Waals surface area contributed by atoms with Gasteiger partial charge in [-0.25, -0.2) is 15.4 Å². The Balaban J connectivity index is 1.48. The van der Waals surface area contributed by atoms with Crippen LogP contribution in [0.5, 0.6) is 11.5 Å². The van der Waals surface area contributed by atoms with Crippen LogP contribution in [0.15, 0.2) is 47.5 Å². The van der Waals surface area contributed by atoms with Gasteiger partial charge in [-0.05, 0) is 43.0 Å². The van der Waals surface area contributed by atoms with Crippen LogP contribution in [-0.2, 0) is 0 Å². The number of aromatic nitrogens is 2. The fourth-order valence-corrected chi connectivity index (χ4v) is 3.71. The Kier molecular flexibility index (Phi) is 4.84. The van der Waals surface area contributed by atoms with Gasteiger partial charge >= 0.3 is 0 Å². The number of hydrogen-bond donors (Lipinski definition) is 3. The Morgan fingerprint density at radius 1 is 1.03 bits per heavy atom. The van der Waals surface area contributed by atoms with Crippen molar-refractivity contribution in [3.8, 4) is 11.5 Å². The van der Waals surface area contributed by atoms with Gasteiger partial charge in [0.1, 0.15) is 5.84 Å². The van der Waals surface area contributed by atoms with Gasteiger partial charge in [0.2, 0.25) is 5.95 Å². The minimum Gasteiger partial charge on any atom is -0.493 e. The van der Waals surface area contributed by atoms with Crippen molar-refractivity contribution in [1.82, 2.24) is 20.8 Å². The number of para-hydroxylation sites is 1. The lowest BCUT2D eigenvalue weighted by Crippen LogP contribution is -2.32. The Labute approximate surface area is 174 Å². The third kappa shape index (κ3) is 3.73. The standard InChI is InChI=1S/C22H24N6O2/c1-29-18-10-9-14(11-19(18)30-2)23-22-24-16-6-4-3-5-15(16)21(26-22)25-20-12-17(27-28-20)13-7-8-13/h3-6,9-11,13,17,27H,7-8,12H2,1-2H3,(H2,23,24,25,26,28). The van der Waals surface area contributed by atoms with E-state index in [1.165, 1.54) is 12.8 Å². The van der Waals surface area contributed by atoms with Gasteiger partial charge in [0.05, 0.1) is 19.7 Å². The molecule has 2 heterocycles. The highest BCUT2D eigenvalue weighted by atomic mass is 16.5. The van der Waals surface area contributed by atoms with E-state index in [2.05, 4.69) is 21.2 Å². The number of aliphatic imine (C=N–C) groups is 1. The molecule has 1 aliphatic carbocycles. The summed E-state index contributed by atoms with van der Waals surface area (Å²) in [5, 5.41) is 4.18. The van der Waals surface area contributed by atoms with Crippen LogP contribution in [0.25, 0.3) is 10.9 Å². The molecule has 8 nitrogen and oxygen atoms in total. The SMILES string of the molecule is COc1ccc(Nc2nc(N=C3CC(C4CC4)NN3)c3ccccc3n2)cc1OC. The highest BCUT2D eigenvalue weighted by Crippen LogP contribution is 2.36. The van der Waals surface area contributed by atoms with Crippen molar-refractivity contribution < 1.29 is 9.47 Å². The van der Waals surface area contributed by atoms with Crippen LogP contribution in [0.3, 0.4) is 0 Å². The average molecular weight is 404 g/mol. The zero-order chi connectivity index (χ0) is 20.5. The van der Waals surface area contributed by atoms with Gasteiger partial charge in [-0.2, -0.15) is 4.98 Å². The highest BCUT2D eigenvalue weighted by molar-refractivity contribution is 5.94. The third-order valence-electron chi connectivity index (χ3n) is 5.47. The van der Waals surface area contributed by atoms with Gasteiger partial charge in [-0.15, -0.1) is 0 Å². The van der Waals surface area contributed by atoms with E-state index in [9.17, 15) is 0 Å². The van der Waals surface area contributed by atoms with Gasteiger partial charge in [-0.1, -0.05) is 12.1 Å². The van der Waals surface area contributed by atoms with E-state index in [0.717, 1.165) is 34.8 Å². The van der Waals surface area contributed by atoms with Crippen molar-refractivity contribution >= 4 is 34.2 Å². The monoisotopic (exact) mass is 404 g/mol. The van der Waals surface area contributed by atoms with Gasteiger partial charge in [-0.3, -0.25) is 0 Å². The van der Waals surface area contributed by atoms with Gasteiger partial charge < -0.3 is 20.2 Å². The van der Waals surface area contributed by atoms with Crippen LogP contribution in [0.1, 0.15) is 19.3 Å². The Hall–Kier alpha value is -3.39. The van der Waals surface area contributed by atoms with E-state index in [4.69, 9.17) is 19.5 Å². The maximum Gasteiger partial charge on any atom is 0.229 e. The van der Waals surface area contributed by atoms with Crippen LogP contribution in [0.2, 0.25) is 0 Å². The molecule has 0 radical (unpaired) electrons. The summed E-state index contributed by atoms with van der Waals surface area (Å²) >= 11 is 0. The maximum atomic E-state index is 5.39. The van der Waals surface area contributed by atoms with E-state index in [1.54, 1.807) is 14.2 Å². The fraction of sp³-hybridized carbons (Fsp3) is 0.318. The van der Waals surface area contributed by atoms with Crippen LogP contribution >= 0.6 is 0 Å². The van der Waals surface area contributed by atoms with Gasteiger partial charge in [0.15, 0.2) is 17.3 Å². The number of nitrogens with one attached hydrogen (secondary N) is 3. The number of ether oxygens (including phenoxy) is 2. The van der Waals surface area contributed by atoms with Crippen molar-refractivity contribution in [2.45, 2.75) is 25.3 Å². The van der Waals surface area contributed by atoms with Crippen LogP contribution in [0.4, 0.5) is 17.5 Å². The molecule has 1 aromatic heterocycles. The summed E-state index contributed by atoms with van der Waals surface area (Å²) in [5.41, 5.74) is 8.21. The molecule has 1 atom stereocenters. The molecule has 30 heavy (non-hydrogen) atoms. The summed E-state index contributed by atoms with van der Waals surface area (Å²) in [6, 6.07) is 14.0. The number of hydrazine groups is 1. The number of benzene rings is 2. The predicted molar refractivity (Wildman–Crippen MR) is 117 cm³/mol. The lowest BCUT2D eigenvalue weighted by molar-refractivity contribution is 0.355. The van der Waals surface area contributed by atoms with Crippen molar-refractivity contribution in [2.24, 2.45) is 10.9 Å². The minimum atomic E-state index is 0.459. The van der Waals surface area contributed by atoms with E-state index in [0.29, 0.717) is 29.3 Å². The quantitative estimate of drug-likeness (QED) is 0.577. The molecule has 2 aliphatic rings.